The Balaban J connectivity index is 1.64. The average Bonchev–Trinajstić information content (AvgIpc) is 3.39. The first-order chi connectivity index (χ1) is 12.2. The van der Waals surface area contributed by atoms with Gasteiger partial charge >= 0.3 is 5.97 Å². The summed E-state index contributed by atoms with van der Waals surface area (Å²) in [4.78, 5) is 25.2. The summed E-state index contributed by atoms with van der Waals surface area (Å²) in [6.45, 7) is 0. The molecule has 1 fully saturated rings. The van der Waals surface area contributed by atoms with Crippen molar-refractivity contribution in [3.63, 3.8) is 0 Å². The summed E-state index contributed by atoms with van der Waals surface area (Å²) in [6, 6.07) is 15.4. The van der Waals surface area contributed by atoms with Gasteiger partial charge in [0.1, 0.15) is 6.04 Å². The van der Waals surface area contributed by atoms with Crippen LogP contribution in [-0.4, -0.2) is 25.0 Å². The Kier molecular flexibility index (Phi) is 4.04. The molecule has 1 N–H and O–H groups in total. The Morgan fingerprint density at radius 2 is 1.60 bits per heavy atom. The maximum atomic E-state index is 13.1. The fourth-order valence-electron chi connectivity index (χ4n) is 3.74. The number of hydrogen-bond acceptors (Lipinski definition) is 3. The van der Waals surface area contributed by atoms with Gasteiger partial charge < -0.3 is 10.1 Å². The second-order valence-corrected chi connectivity index (χ2v) is 6.87. The van der Waals surface area contributed by atoms with Crippen molar-refractivity contribution in [1.29, 1.82) is 0 Å². The summed E-state index contributed by atoms with van der Waals surface area (Å²) in [7, 11) is 1.37. The van der Waals surface area contributed by atoms with Crippen molar-refractivity contribution in [2.75, 3.05) is 7.11 Å². The number of hydrogen-bond donors (Lipinski definition) is 1. The van der Waals surface area contributed by atoms with E-state index < -0.39 is 6.04 Å². The van der Waals surface area contributed by atoms with Gasteiger partial charge in [0.15, 0.2) is 0 Å². The topological polar surface area (TPSA) is 55.4 Å². The third kappa shape index (κ3) is 2.93. The lowest BCUT2D eigenvalue weighted by Crippen LogP contribution is -2.43. The number of ether oxygens (including phenoxy) is 1. The molecule has 0 heterocycles. The van der Waals surface area contributed by atoms with Gasteiger partial charge in [-0.3, -0.25) is 4.79 Å². The minimum absolute atomic E-state index is 0.131. The van der Waals surface area contributed by atoms with E-state index in [-0.39, 0.29) is 17.8 Å². The van der Waals surface area contributed by atoms with Crippen LogP contribution in [0.25, 0.3) is 11.1 Å². The Labute approximate surface area is 147 Å². The summed E-state index contributed by atoms with van der Waals surface area (Å²) in [5, 5.41) is 2.95. The Morgan fingerprint density at radius 1 is 1.04 bits per heavy atom. The summed E-state index contributed by atoms with van der Waals surface area (Å²) >= 11 is 0. The smallest absolute Gasteiger partial charge is 0.328 e. The predicted octanol–water partition coefficient (Wildman–Crippen LogP) is 3.26. The van der Waals surface area contributed by atoms with Crippen LogP contribution in [0.5, 0.6) is 0 Å². The molecule has 4 nitrogen and oxygen atoms in total. The molecule has 2 aromatic carbocycles. The molecule has 0 saturated heterocycles. The van der Waals surface area contributed by atoms with Gasteiger partial charge in [0, 0.05) is 0 Å². The van der Waals surface area contributed by atoms with Crippen molar-refractivity contribution in [3.05, 3.63) is 59.7 Å². The summed E-state index contributed by atoms with van der Waals surface area (Å²) in [6.07, 6.45) is 2.91. The van der Waals surface area contributed by atoms with E-state index in [0.29, 0.717) is 12.3 Å². The number of benzene rings is 2. The van der Waals surface area contributed by atoms with Gasteiger partial charge in [0.05, 0.1) is 13.0 Å². The second-order valence-electron chi connectivity index (χ2n) is 6.87. The van der Waals surface area contributed by atoms with E-state index in [4.69, 9.17) is 4.74 Å². The Hall–Kier alpha value is -2.62. The van der Waals surface area contributed by atoms with Crippen molar-refractivity contribution in [2.45, 2.75) is 31.2 Å². The van der Waals surface area contributed by atoms with Gasteiger partial charge in [-0.25, -0.2) is 4.79 Å². The van der Waals surface area contributed by atoms with E-state index in [1.165, 1.54) is 7.11 Å². The third-order valence-corrected chi connectivity index (χ3v) is 5.16. The third-order valence-electron chi connectivity index (χ3n) is 5.16. The molecule has 25 heavy (non-hydrogen) atoms. The SMILES string of the molecule is COC(=O)[C@H](CC1CC1)NC(=O)C1c2ccccc2-c2ccccc21. The van der Waals surface area contributed by atoms with E-state index in [1.54, 1.807) is 0 Å². The highest BCUT2D eigenvalue weighted by Crippen LogP contribution is 2.44. The van der Waals surface area contributed by atoms with E-state index >= 15 is 0 Å². The molecule has 4 heteroatoms. The number of nitrogens with one attached hydrogen (secondary N) is 1. The first-order valence-electron chi connectivity index (χ1n) is 8.75. The van der Waals surface area contributed by atoms with Gasteiger partial charge in [0.2, 0.25) is 5.91 Å². The number of carbonyl (C=O) groups is 2. The lowest BCUT2D eigenvalue weighted by Gasteiger charge is -2.20. The van der Waals surface area contributed by atoms with Crippen LogP contribution in [0.3, 0.4) is 0 Å². The number of esters is 1. The van der Waals surface area contributed by atoms with Crippen molar-refractivity contribution < 1.29 is 14.3 Å². The highest BCUT2D eigenvalue weighted by molar-refractivity contribution is 5.97. The molecule has 0 aromatic heterocycles. The van der Waals surface area contributed by atoms with Crippen LogP contribution in [-0.2, 0) is 14.3 Å². The molecule has 0 aliphatic heterocycles. The standard InChI is InChI=1S/C21H21NO3/c1-25-21(24)18(12-13-10-11-13)22-20(23)19-16-8-4-2-6-14(16)15-7-3-5-9-17(15)19/h2-9,13,18-19H,10-12H2,1H3,(H,22,23)/t18-/m0/s1. The van der Waals surface area contributed by atoms with E-state index in [1.807, 2.05) is 48.5 Å². The molecule has 0 unspecified atom stereocenters. The molecule has 1 atom stereocenters. The van der Waals surface area contributed by atoms with Crippen molar-refractivity contribution >= 4 is 11.9 Å². The molecular weight excluding hydrogens is 314 g/mol. The zero-order valence-corrected chi connectivity index (χ0v) is 14.2. The molecule has 2 aromatic rings. The Morgan fingerprint density at radius 3 is 2.12 bits per heavy atom. The molecule has 0 spiro atoms. The van der Waals surface area contributed by atoms with Crippen LogP contribution < -0.4 is 5.32 Å². The highest BCUT2D eigenvalue weighted by atomic mass is 16.5. The normalized spacial score (nSPS) is 16.7. The number of methoxy groups -OCH3 is 1. The number of fused-ring (bicyclic) bond motifs is 3. The molecule has 2 aliphatic carbocycles. The highest BCUT2D eigenvalue weighted by Gasteiger charge is 2.37. The molecule has 1 saturated carbocycles. The monoisotopic (exact) mass is 335 g/mol. The van der Waals surface area contributed by atoms with Gasteiger partial charge in [0.25, 0.3) is 0 Å². The zero-order valence-electron chi connectivity index (χ0n) is 14.2. The van der Waals surface area contributed by atoms with E-state index in [2.05, 4.69) is 5.32 Å². The minimum Gasteiger partial charge on any atom is -0.467 e. The fraction of sp³-hybridized carbons (Fsp3) is 0.333. The van der Waals surface area contributed by atoms with E-state index in [0.717, 1.165) is 35.1 Å². The fourth-order valence-corrected chi connectivity index (χ4v) is 3.74. The Bertz CT molecular complexity index is 780. The van der Waals surface area contributed by atoms with Crippen LogP contribution in [0.4, 0.5) is 0 Å². The van der Waals surface area contributed by atoms with Gasteiger partial charge in [-0.15, -0.1) is 0 Å². The van der Waals surface area contributed by atoms with Crippen LogP contribution >= 0.6 is 0 Å². The largest absolute Gasteiger partial charge is 0.467 e. The maximum absolute atomic E-state index is 13.1. The van der Waals surface area contributed by atoms with Gasteiger partial charge in [-0.05, 0) is 34.6 Å². The first kappa shape index (κ1) is 15.9. The molecule has 0 radical (unpaired) electrons. The summed E-state index contributed by atoms with van der Waals surface area (Å²) in [5.74, 6) is -0.348. The molecule has 0 bridgehead atoms. The lowest BCUT2D eigenvalue weighted by molar-refractivity contribution is -0.145. The van der Waals surface area contributed by atoms with Crippen molar-refractivity contribution in [1.82, 2.24) is 5.32 Å². The first-order valence-corrected chi connectivity index (χ1v) is 8.75. The van der Waals surface area contributed by atoms with Gasteiger partial charge in [-0.2, -0.15) is 0 Å². The van der Waals surface area contributed by atoms with E-state index in [9.17, 15) is 9.59 Å². The van der Waals surface area contributed by atoms with Crippen LogP contribution in [0.1, 0.15) is 36.3 Å². The summed E-state index contributed by atoms with van der Waals surface area (Å²) in [5.41, 5.74) is 4.18. The lowest BCUT2D eigenvalue weighted by atomic mass is 9.95. The molecule has 1 amide bonds. The quantitative estimate of drug-likeness (QED) is 0.853. The molecular formula is C21H21NO3. The van der Waals surface area contributed by atoms with Gasteiger partial charge in [-0.1, -0.05) is 61.4 Å². The molecule has 2 aliphatic rings. The summed E-state index contributed by atoms with van der Waals surface area (Å²) < 4.78 is 4.89. The van der Waals surface area contributed by atoms with Crippen molar-refractivity contribution in [3.8, 4) is 11.1 Å². The average molecular weight is 335 g/mol. The maximum Gasteiger partial charge on any atom is 0.328 e. The zero-order chi connectivity index (χ0) is 17.4. The van der Waals surface area contributed by atoms with Crippen LogP contribution in [0.2, 0.25) is 0 Å². The number of amides is 1. The van der Waals surface area contributed by atoms with Crippen LogP contribution in [0, 0.1) is 5.92 Å². The second kappa shape index (κ2) is 6.36. The minimum atomic E-state index is -0.565. The molecule has 128 valence electrons. The predicted molar refractivity (Wildman–Crippen MR) is 95.0 cm³/mol. The van der Waals surface area contributed by atoms with Crippen molar-refractivity contribution in [2.24, 2.45) is 5.92 Å². The number of carbonyl (C=O) groups excluding carboxylic acids is 2. The molecule has 4 rings (SSSR count). The number of rotatable bonds is 5. The van der Waals surface area contributed by atoms with Crippen LogP contribution in [0.15, 0.2) is 48.5 Å².